The molecule has 2 rings (SSSR count). The molecule has 0 aromatic carbocycles. The third-order valence-electron chi connectivity index (χ3n) is 3.43. The van der Waals surface area contributed by atoms with Crippen LogP contribution < -0.4 is 11.1 Å². The number of nitrogen functional groups attached to an aromatic ring is 1. The molecule has 6 nitrogen and oxygen atoms in total. The van der Waals surface area contributed by atoms with Crippen molar-refractivity contribution < 1.29 is 9.53 Å². The van der Waals surface area contributed by atoms with Crippen molar-refractivity contribution in [2.75, 3.05) is 25.5 Å². The lowest BCUT2D eigenvalue weighted by molar-refractivity contribution is 0.0936. The fraction of sp³-hybridized carbons (Fsp3) is 0.714. The van der Waals surface area contributed by atoms with Crippen molar-refractivity contribution in [2.45, 2.75) is 44.9 Å². The Labute approximate surface area is 119 Å². The van der Waals surface area contributed by atoms with Crippen LogP contribution in [-0.2, 0) is 4.74 Å². The highest BCUT2D eigenvalue weighted by Crippen LogP contribution is 2.42. The number of unbranched alkanes of at least 4 members (excludes halogenated alkanes) is 1. The van der Waals surface area contributed by atoms with Crippen LogP contribution in [0.4, 0.5) is 5.69 Å². The van der Waals surface area contributed by atoms with Crippen LogP contribution >= 0.6 is 0 Å². The quantitative estimate of drug-likeness (QED) is 0.601. The molecule has 4 N–H and O–H groups in total. The van der Waals surface area contributed by atoms with Gasteiger partial charge in [0.1, 0.15) is 0 Å². The Bertz CT molecular complexity index is 440. The Morgan fingerprint density at radius 1 is 1.45 bits per heavy atom. The number of aromatic nitrogens is 2. The highest BCUT2D eigenvalue weighted by Gasteiger charge is 2.30. The van der Waals surface area contributed by atoms with Crippen LogP contribution in [0, 0.1) is 0 Å². The Hall–Kier alpha value is -1.56. The number of nitrogens with two attached hydrogens (primary N) is 1. The Morgan fingerprint density at radius 3 is 2.90 bits per heavy atom. The maximum atomic E-state index is 11.9. The fourth-order valence-electron chi connectivity index (χ4n) is 2.03. The molecule has 20 heavy (non-hydrogen) atoms. The molecule has 0 spiro atoms. The zero-order valence-corrected chi connectivity index (χ0v) is 12.1. The number of nitrogens with zero attached hydrogens (tertiary/aromatic N) is 1. The molecule has 1 amide bonds. The summed E-state index contributed by atoms with van der Waals surface area (Å²) in [4.78, 5) is 11.9. The fourth-order valence-corrected chi connectivity index (χ4v) is 2.03. The normalized spacial score (nSPS) is 14.4. The smallest absolute Gasteiger partial charge is 0.273 e. The summed E-state index contributed by atoms with van der Waals surface area (Å²) >= 11 is 0. The second kappa shape index (κ2) is 7.28. The lowest BCUT2D eigenvalue weighted by atomic mass is 10.2. The molecule has 1 aromatic rings. The summed E-state index contributed by atoms with van der Waals surface area (Å²) in [5.74, 6) is 0.259. The number of carbonyl (C=O) groups excluding carboxylic acids is 1. The predicted molar refractivity (Wildman–Crippen MR) is 77.7 cm³/mol. The summed E-state index contributed by atoms with van der Waals surface area (Å²) in [6.45, 7) is 4.18. The second-order valence-electron chi connectivity index (χ2n) is 5.25. The molecule has 0 saturated heterocycles. The molecule has 1 aliphatic rings. The lowest BCUT2D eigenvalue weighted by Crippen LogP contribution is -2.26. The molecule has 0 bridgehead atoms. The van der Waals surface area contributed by atoms with Crippen molar-refractivity contribution in [3.8, 4) is 0 Å². The lowest BCUT2D eigenvalue weighted by Gasteiger charge is -2.05. The monoisotopic (exact) mass is 280 g/mol. The van der Waals surface area contributed by atoms with E-state index < -0.39 is 0 Å². The molecule has 1 aliphatic carbocycles. The van der Waals surface area contributed by atoms with E-state index in [-0.39, 0.29) is 5.91 Å². The number of ether oxygens (including phenoxy) is 1. The van der Waals surface area contributed by atoms with Gasteiger partial charge in [0, 0.05) is 25.7 Å². The average Bonchev–Trinajstić information content (AvgIpc) is 3.21. The Morgan fingerprint density at radius 2 is 2.20 bits per heavy atom. The van der Waals surface area contributed by atoms with Crippen molar-refractivity contribution in [3.05, 3.63) is 11.4 Å². The third-order valence-corrected chi connectivity index (χ3v) is 3.43. The molecule has 0 atom stereocenters. The van der Waals surface area contributed by atoms with E-state index in [4.69, 9.17) is 10.5 Å². The minimum absolute atomic E-state index is 0.209. The zero-order chi connectivity index (χ0) is 14.4. The van der Waals surface area contributed by atoms with E-state index in [1.165, 1.54) is 0 Å². The van der Waals surface area contributed by atoms with Crippen LogP contribution in [0.2, 0.25) is 0 Å². The van der Waals surface area contributed by atoms with Crippen LogP contribution in [0.1, 0.15) is 61.1 Å². The van der Waals surface area contributed by atoms with Gasteiger partial charge < -0.3 is 15.8 Å². The van der Waals surface area contributed by atoms with Gasteiger partial charge in [-0.05, 0) is 25.7 Å². The van der Waals surface area contributed by atoms with Crippen molar-refractivity contribution >= 4 is 11.6 Å². The Balaban J connectivity index is 1.67. The summed E-state index contributed by atoms with van der Waals surface area (Å²) in [7, 11) is 0. The number of carbonyl (C=O) groups is 1. The molecule has 1 saturated carbocycles. The standard InChI is InChI=1S/C14H24N4O2/c1-2-3-8-20-9-4-7-16-14(19)13-11(15)12(17-18-13)10-5-6-10/h10H,2-9,15H2,1H3,(H,16,19)(H,17,18). The van der Waals surface area contributed by atoms with Gasteiger partial charge in [-0.2, -0.15) is 5.10 Å². The van der Waals surface area contributed by atoms with Crippen molar-refractivity contribution in [1.29, 1.82) is 0 Å². The first-order chi connectivity index (χ1) is 9.74. The number of amides is 1. The maximum Gasteiger partial charge on any atom is 0.273 e. The van der Waals surface area contributed by atoms with Crippen LogP contribution in [0.5, 0.6) is 0 Å². The van der Waals surface area contributed by atoms with Crippen molar-refractivity contribution in [2.24, 2.45) is 0 Å². The molecule has 0 radical (unpaired) electrons. The molecule has 0 aliphatic heterocycles. The van der Waals surface area contributed by atoms with Gasteiger partial charge in [0.05, 0.1) is 11.4 Å². The van der Waals surface area contributed by atoms with Gasteiger partial charge in [-0.1, -0.05) is 13.3 Å². The van der Waals surface area contributed by atoms with Crippen molar-refractivity contribution in [1.82, 2.24) is 15.5 Å². The minimum Gasteiger partial charge on any atom is -0.395 e. The zero-order valence-electron chi connectivity index (χ0n) is 12.1. The molecule has 1 heterocycles. The van der Waals surface area contributed by atoms with Gasteiger partial charge in [0.15, 0.2) is 5.69 Å². The van der Waals surface area contributed by atoms with Gasteiger partial charge in [0.2, 0.25) is 0 Å². The van der Waals surface area contributed by atoms with E-state index in [1.807, 2.05) is 0 Å². The molecule has 0 unspecified atom stereocenters. The SMILES string of the molecule is CCCCOCCCNC(=O)c1n[nH]c(C2CC2)c1N. The molecule has 1 aromatic heterocycles. The van der Waals surface area contributed by atoms with E-state index in [0.29, 0.717) is 30.5 Å². The van der Waals surface area contributed by atoms with E-state index in [0.717, 1.165) is 44.4 Å². The van der Waals surface area contributed by atoms with Crippen LogP contribution in [0.15, 0.2) is 0 Å². The van der Waals surface area contributed by atoms with E-state index >= 15 is 0 Å². The second-order valence-corrected chi connectivity index (χ2v) is 5.25. The first-order valence-corrected chi connectivity index (χ1v) is 7.43. The van der Waals surface area contributed by atoms with Gasteiger partial charge >= 0.3 is 0 Å². The molecule has 112 valence electrons. The summed E-state index contributed by atoms with van der Waals surface area (Å²) in [5.41, 5.74) is 7.69. The minimum atomic E-state index is -0.209. The number of nitrogens with one attached hydrogen (secondary N) is 2. The number of hydrogen-bond donors (Lipinski definition) is 3. The highest BCUT2D eigenvalue weighted by atomic mass is 16.5. The van der Waals surface area contributed by atoms with Crippen LogP contribution in [-0.4, -0.2) is 35.9 Å². The predicted octanol–water partition coefficient (Wildman–Crippen LogP) is 1.81. The third kappa shape index (κ3) is 3.96. The summed E-state index contributed by atoms with van der Waals surface area (Å²) < 4.78 is 5.43. The van der Waals surface area contributed by atoms with Gasteiger partial charge in [-0.25, -0.2) is 0 Å². The number of rotatable bonds is 9. The molecule has 6 heteroatoms. The maximum absolute atomic E-state index is 11.9. The van der Waals surface area contributed by atoms with E-state index in [1.54, 1.807) is 0 Å². The molecular formula is C14H24N4O2. The Kier molecular flexibility index (Phi) is 5.40. The van der Waals surface area contributed by atoms with E-state index in [9.17, 15) is 4.79 Å². The van der Waals surface area contributed by atoms with Gasteiger partial charge in [0.25, 0.3) is 5.91 Å². The largest absolute Gasteiger partial charge is 0.395 e. The van der Waals surface area contributed by atoms with Crippen molar-refractivity contribution in [3.63, 3.8) is 0 Å². The number of H-pyrrole nitrogens is 1. The van der Waals surface area contributed by atoms with Gasteiger partial charge in [-0.3, -0.25) is 9.89 Å². The topological polar surface area (TPSA) is 93.0 Å². The number of anilines is 1. The summed E-state index contributed by atoms with van der Waals surface area (Å²) in [6.07, 6.45) is 5.28. The highest BCUT2D eigenvalue weighted by molar-refractivity contribution is 5.97. The van der Waals surface area contributed by atoms with Crippen LogP contribution in [0.25, 0.3) is 0 Å². The first-order valence-electron chi connectivity index (χ1n) is 7.43. The van der Waals surface area contributed by atoms with E-state index in [2.05, 4.69) is 22.4 Å². The molecular weight excluding hydrogens is 256 g/mol. The number of hydrogen-bond acceptors (Lipinski definition) is 4. The van der Waals surface area contributed by atoms with Crippen LogP contribution in [0.3, 0.4) is 0 Å². The first kappa shape index (κ1) is 14.8. The van der Waals surface area contributed by atoms with Gasteiger partial charge in [-0.15, -0.1) is 0 Å². The number of aromatic amines is 1. The molecule has 1 fully saturated rings. The summed E-state index contributed by atoms with van der Waals surface area (Å²) in [6, 6.07) is 0. The summed E-state index contributed by atoms with van der Waals surface area (Å²) in [5, 5.41) is 9.73. The average molecular weight is 280 g/mol.